The molecule has 3 unspecified atom stereocenters. The Morgan fingerprint density at radius 3 is 2.58 bits per heavy atom. The molecule has 0 bridgehead atoms. The van der Waals surface area contributed by atoms with Crippen molar-refractivity contribution in [1.82, 2.24) is 9.80 Å². The summed E-state index contributed by atoms with van der Waals surface area (Å²) in [6.45, 7) is 8.23. The fourth-order valence-corrected chi connectivity index (χ4v) is 3.88. The van der Waals surface area contributed by atoms with Gasteiger partial charge in [-0.3, -0.25) is 9.80 Å². The van der Waals surface area contributed by atoms with Gasteiger partial charge in [0.05, 0.1) is 26.4 Å². The van der Waals surface area contributed by atoms with Crippen LogP contribution in [-0.2, 0) is 4.74 Å². The quantitative estimate of drug-likeness (QED) is 0.855. The maximum absolute atomic E-state index is 10.5. The summed E-state index contributed by atoms with van der Waals surface area (Å²) in [4.78, 5) is 4.73. The zero-order valence-electron chi connectivity index (χ0n) is 14.9. The van der Waals surface area contributed by atoms with Crippen LogP contribution in [0, 0.1) is 0 Å². The average Bonchev–Trinajstić information content (AvgIpc) is 2.96. The van der Waals surface area contributed by atoms with E-state index in [2.05, 4.69) is 28.9 Å². The van der Waals surface area contributed by atoms with E-state index in [0.717, 1.165) is 58.1 Å². The fourth-order valence-electron chi connectivity index (χ4n) is 3.88. The number of β-amino-alcohol motifs (C(OH)–C–C–N with tert-alkyl or cyclic N) is 1. The van der Waals surface area contributed by atoms with Crippen molar-refractivity contribution in [1.29, 1.82) is 0 Å². The Kier molecular flexibility index (Phi) is 6.11. The Morgan fingerprint density at radius 2 is 1.92 bits per heavy atom. The van der Waals surface area contributed by atoms with E-state index in [1.54, 1.807) is 7.11 Å². The molecule has 2 fully saturated rings. The van der Waals surface area contributed by atoms with Crippen molar-refractivity contribution >= 4 is 0 Å². The highest BCUT2D eigenvalue weighted by Gasteiger charge is 2.31. The lowest BCUT2D eigenvalue weighted by Crippen LogP contribution is -2.45. The second-order valence-electron chi connectivity index (χ2n) is 7.08. The van der Waals surface area contributed by atoms with Crippen LogP contribution < -0.4 is 4.74 Å². The van der Waals surface area contributed by atoms with Crippen molar-refractivity contribution in [2.24, 2.45) is 0 Å². The molecule has 24 heavy (non-hydrogen) atoms. The molecule has 5 heteroatoms. The van der Waals surface area contributed by atoms with E-state index >= 15 is 0 Å². The van der Waals surface area contributed by atoms with Crippen LogP contribution in [0.4, 0.5) is 0 Å². The molecule has 2 aliphatic rings. The first-order valence-electron chi connectivity index (χ1n) is 9.02. The number of nitrogens with zero attached hydrogens (tertiary/aromatic N) is 2. The molecule has 0 spiro atoms. The number of rotatable bonds is 6. The Bertz CT molecular complexity index is 502. The summed E-state index contributed by atoms with van der Waals surface area (Å²) < 4.78 is 10.6. The topological polar surface area (TPSA) is 45.2 Å². The van der Waals surface area contributed by atoms with Crippen LogP contribution in [0.2, 0.25) is 0 Å². The zero-order valence-corrected chi connectivity index (χ0v) is 14.9. The number of morpholine rings is 1. The maximum Gasteiger partial charge on any atom is 0.118 e. The zero-order chi connectivity index (χ0) is 16.9. The smallest absolute Gasteiger partial charge is 0.118 e. The van der Waals surface area contributed by atoms with E-state index in [9.17, 15) is 5.11 Å². The summed E-state index contributed by atoms with van der Waals surface area (Å²) in [5.41, 5.74) is 1.37. The monoisotopic (exact) mass is 334 g/mol. The molecular formula is C19H30N2O3. The first-order valence-corrected chi connectivity index (χ1v) is 9.02. The van der Waals surface area contributed by atoms with E-state index < -0.39 is 0 Å². The molecule has 0 amide bonds. The molecule has 134 valence electrons. The van der Waals surface area contributed by atoms with Crippen molar-refractivity contribution in [2.75, 3.05) is 53.0 Å². The van der Waals surface area contributed by atoms with Gasteiger partial charge in [0.2, 0.25) is 0 Å². The maximum atomic E-state index is 10.5. The Morgan fingerprint density at radius 1 is 1.21 bits per heavy atom. The Balaban J connectivity index is 1.51. The van der Waals surface area contributed by atoms with Gasteiger partial charge in [-0.2, -0.15) is 0 Å². The van der Waals surface area contributed by atoms with Gasteiger partial charge in [-0.05, 0) is 37.0 Å². The lowest BCUT2D eigenvalue weighted by Gasteiger charge is -2.31. The van der Waals surface area contributed by atoms with Crippen LogP contribution in [0.15, 0.2) is 24.3 Å². The largest absolute Gasteiger partial charge is 0.497 e. The van der Waals surface area contributed by atoms with E-state index in [1.807, 2.05) is 12.1 Å². The fraction of sp³-hybridized carbons (Fsp3) is 0.684. The average molecular weight is 334 g/mol. The summed E-state index contributed by atoms with van der Waals surface area (Å²) in [5, 5.41) is 10.5. The predicted molar refractivity (Wildman–Crippen MR) is 94.7 cm³/mol. The molecule has 2 saturated heterocycles. The molecule has 1 aromatic carbocycles. The number of aliphatic hydroxyl groups is 1. The molecule has 2 heterocycles. The van der Waals surface area contributed by atoms with Gasteiger partial charge in [0, 0.05) is 38.8 Å². The van der Waals surface area contributed by atoms with Gasteiger partial charge in [-0.15, -0.1) is 0 Å². The lowest BCUT2D eigenvalue weighted by molar-refractivity contribution is 0.00634. The van der Waals surface area contributed by atoms with Crippen LogP contribution in [0.1, 0.15) is 24.8 Å². The third kappa shape index (κ3) is 4.48. The second kappa shape index (κ2) is 8.30. The highest BCUT2D eigenvalue weighted by molar-refractivity contribution is 5.30. The number of likely N-dealkylation sites (tertiary alicyclic amines) is 1. The minimum Gasteiger partial charge on any atom is -0.497 e. The molecular weight excluding hydrogens is 304 g/mol. The van der Waals surface area contributed by atoms with Crippen molar-refractivity contribution in [3.63, 3.8) is 0 Å². The van der Waals surface area contributed by atoms with Crippen molar-refractivity contribution in [3.05, 3.63) is 29.8 Å². The predicted octanol–water partition coefficient (Wildman–Crippen LogP) is 1.57. The first kappa shape index (κ1) is 17.7. The minimum atomic E-state index is -0.292. The van der Waals surface area contributed by atoms with E-state index in [4.69, 9.17) is 9.47 Å². The van der Waals surface area contributed by atoms with Crippen LogP contribution >= 0.6 is 0 Å². The molecule has 0 aromatic heterocycles. The number of ether oxygens (including phenoxy) is 2. The second-order valence-corrected chi connectivity index (χ2v) is 7.08. The Hall–Kier alpha value is -1.14. The summed E-state index contributed by atoms with van der Waals surface area (Å²) in [7, 11) is 1.70. The van der Waals surface area contributed by atoms with Gasteiger partial charge in [0.25, 0.3) is 0 Å². The van der Waals surface area contributed by atoms with Crippen LogP contribution in [0.3, 0.4) is 0 Å². The molecule has 3 rings (SSSR count). The van der Waals surface area contributed by atoms with Crippen molar-refractivity contribution in [2.45, 2.75) is 31.4 Å². The molecule has 0 radical (unpaired) electrons. The number of benzene rings is 1. The summed E-state index contributed by atoms with van der Waals surface area (Å²) in [6.07, 6.45) is 0.858. The standard InChI is InChI=1S/C19H30N2O3/c1-15-11-17(16-3-5-19(23-2)6-4-16)12-21(15)14-18(22)13-20-7-9-24-10-8-20/h3-6,15,17-18,22H,7-14H2,1-2H3. The highest BCUT2D eigenvalue weighted by Crippen LogP contribution is 2.32. The number of aliphatic hydroxyl groups excluding tert-OH is 1. The third-order valence-electron chi connectivity index (χ3n) is 5.31. The summed E-state index contributed by atoms with van der Waals surface area (Å²) >= 11 is 0. The minimum absolute atomic E-state index is 0.292. The van der Waals surface area contributed by atoms with Gasteiger partial charge >= 0.3 is 0 Å². The molecule has 1 N–H and O–H groups in total. The van der Waals surface area contributed by atoms with Gasteiger partial charge in [0.1, 0.15) is 5.75 Å². The van der Waals surface area contributed by atoms with Gasteiger partial charge in [-0.1, -0.05) is 12.1 Å². The SMILES string of the molecule is COc1ccc(C2CC(C)N(CC(O)CN3CCOCC3)C2)cc1. The summed E-state index contributed by atoms with van der Waals surface area (Å²) in [6, 6.07) is 8.93. The highest BCUT2D eigenvalue weighted by atomic mass is 16.5. The van der Waals surface area contributed by atoms with Crippen molar-refractivity contribution < 1.29 is 14.6 Å². The third-order valence-corrected chi connectivity index (χ3v) is 5.31. The number of methoxy groups -OCH3 is 1. The summed E-state index contributed by atoms with van der Waals surface area (Å²) in [5.74, 6) is 1.45. The Labute approximate surface area is 145 Å². The van der Waals surface area contributed by atoms with Gasteiger partial charge in [0.15, 0.2) is 0 Å². The number of hydrogen-bond acceptors (Lipinski definition) is 5. The van der Waals surface area contributed by atoms with Crippen LogP contribution in [0.5, 0.6) is 5.75 Å². The van der Waals surface area contributed by atoms with Crippen molar-refractivity contribution in [3.8, 4) is 5.75 Å². The van der Waals surface area contributed by atoms with E-state index in [1.165, 1.54) is 5.56 Å². The molecule has 5 nitrogen and oxygen atoms in total. The molecule has 1 aromatic rings. The van der Waals surface area contributed by atoms with Crippen LogP contribution in [0.25, 0.3) is 0 Å². The van der Waals surface area contributed by atoms with E-state index in [-0.39, 0.29) is 6.10 Å². The molecule has 3 atom stereocenters. The first-order chi connectivity index (χ1) is 11.7. The number of hydrogen-bond donors (Lipinski definition) is 1. The molecule has 2 aliphatic heterocycles. The normalized spacial score (nSPS) is 27.3. The molecule has 0 aliphatic carbocycles. The van der Waals surface area contributed by atoms with Crippen LogP contribution in [-0.4, -0.2) is 80.1 Å². The van der Waals surface area contributed by atoms with E-state index in [0.29, 0.717) is 12.0 Å². The van der Waals surface area contributed by atoms with Gasteiger partial charge in [-0.25, -0.2) is 0 Å². The lowest BCUT2D eigenvalue weighted by atomic mass is 9.97. The molecule has 0 saturated carbocycles. The van der Waals surface area contributed by atoms with Gasteiger partial charge < -0.3 is 14.6 Å².